The highest BCUT2D eigenvalue weighted by Crippen LogP contribution is 2.26. The van der Waals surface area contributed by atoms with Crippen LogP contribution in [0.3, 0.4) is 0 Å². The Morgan fingerprint density at radius 1 is 1.38 bits per heavy atom. The Labute approximate surface area is 95.0 Å². The third-order valence-electron chi connectivity index (χ3n) is 2.65. The molecule has 0 radical (unpaired) electrons. The largest absolute Gasteiger partial charge is 0.271 e. The zero-order chi connectivity index (χ0) is 11.5. The Hall–Kier alpha value is -1.71. The fraction of sp³-hybridized carbons (Fsp3) is 0.154. The minimum atomic E-state index is -0.0344. The van der Waals surface area contributed by atoms with Crippen LogP contribution in [0.1, 0.15) is 18.5 Å². The normalized spacial score (nSPS) is 12.6. The van der Waals surface area contributed by atoms with Gasteiger partial charge in [0, 0.05) is 11.6 Å². The second-order valence-electron chi connectivity index (χ2n) is 3.86. The molecule has 1 heterocycles. The van der Waals surface area contributed by atoms with Gasteiger partial charge in [0.2, 0.25) is 0 Å². The molecule has 0 amide bonds. The lowest BCUT2D eigenvalue weighted by Crippen LogP contribution is -2.28. The van der Waals surface area contributed by atoms with Crippen LogP contribution >= 0.6 is 0 Å². The number of nitrogens with two attached hydrogens (primary N) is 1. The monoisotopic (exact) mass is 213 g/mol. The smallest absolute Gasteiger partial charge is 0.0705 e. The first-order valence-corrected chi connectivity index (χ1v) is 5.19. The van der Waals surface area contributed by atoms with Crippen LogP contribution in [-0.2, 0) is 0 Å². The summed E-state index contributed by atoms with van der Waals surface area (Å²) in [7, 11) is 0. The van der Waals surface area contributed by atoms with Crippen molar-refractivity contribution >= 4 is 10.9 Å². The van der Waals surface area contributed by atoms with Crippen LogP contribution in [0.4, 0.5) is 0 Å². The zero-order valence-electron chi connectivity index (χ0n) is 9.27. The average molecular weight is 213 g/mol. The fourth-order valence-corrected chi connectivity index (χ4v) is 1.88. The molecule has 1 aromatic carbocycles. The maximum absolute atomic E-state index is 5.57. The maximum atomic E-state index is 5.57. The van der Waals surface area contributed by atoms with E-state index in [-0.39, 0.29) is 6.04 Å². The number of hydrogen-bond acceptors (Lipinski definition) is 3. The van der Waals surface area contributed by atoms with Gasteiger partial charge in [-0.2, -0.15) is 0 Å². The van der Waals surface area contributed by atoms with Gasteiger partial charge in [0.05, 0.1) is 11.6 Å². The quantitative estimate of drug-likeness (QED) is 0.467. The van der Waals surface area contributed by atoms with E-state index in [0.717, 1.165) is 22.0 Å². The van der Waals surface area contributed by atoms with Gasteiger partial charge < -0.3 is 0 Å². The van der Waals surface area contributed by atoms with Crippen LogP contribution in [0.2, 0.25) is 0 Å². The molecule has 2 aromatic rings. The molecule has 1 unspecified atom stereocenters. The van der Waals surface area contributed by atoms with E-state index < -0.39 is 0 Å². The molecule has 0 fully saturated rings. The molecule has 1 atom stereocenters. The lowest BCUT2D eigenvalue weighted by Gasteiger charge is -2.18. The van der Waals surface area contributed by atoms with Crippen molar-refractivity contribution in [3.63, 3.8) is 0 Å². The fourth-order valence-electron chi connectivity index (χ4n) is 1.88. The van der Waals surface area contributed by atoms with Gasteiger partial charge in [-0.05, 0) is 24.6 Å². The summed E-state index contributed by atoms with van der Waals surface area (Å²) in [5.74, 6) is 5.57. The number of hydrogen-bond donors (Lipinski definition) is 2. The van der Waals surface area contributed by atoms with Crippen molar-refractivity contribution < 1.29 is 0 Å². The molecule has 1 aromatic heterocycles. The van der Waals surface area contributed by atoms with Gasteiger partial charge in [0.15, 0.2) is 0 Å². The number of pyridine rings is 1. The second-order valence-corrected chi connectivity index (χ2v) is 3.86. The van der Waals surface area contributed by atoms with Crippen LogP contribution < -0.4 is 11.3 Å². The van der Waals surface area contributed by atoms with Gasteiger partial charge in [-0.1, -0.05) is 30.4 Å². The summed E-state index contributed by atoms with van der Waals surface area (Å²) in [5, 5.41) is 1.11. The molecule has 3 N–H and O–H groups in total. The van der Waals surface area contributed by atoms with Gasteiger partial charge in [0.25, 0.3) is 0 Å². The van der Waals surface area contributed by atoms with E-state index >= 15 is 0 Å². The minimum absolute atomic E-state index is 0.0344. The van der Waals surface area contributed by atoms with Crippen molar-refractivity contribution in [3.8, 4) is 0 Å². The maximum Gasteiger partial charge on any atom is 0.0705 e. The second kappa shape index (κ2) is 4.43. The van der Waals surface area contributed by atoms with Crippen molar-refractivity contribution in [1.29, 1.82) is 0 Å². The molecule has 16 heavy (non-hydrogen) atoms. The van der Waals surface area contributed by atoms with Crippen LogP contribution in [0.5, 0.6) is 0 Å². The van der Waals surface area contributed by atoms with Crippen molar-refractivity contribution in [2.75, 3.05) is 0 Å². The number of fused-ring (bicyclic) bond motifs is 1. The Kier molecular flexibility index (Phi) is 2.99. The van der Waals surface area contributed by atoms with Crippen molar-refractivity contribution in [3.05, 3.63) is 54.2 Å². The Balaban J connectivity index is 2.63. The Bertz CT molecular complexity index is 514. The summed E-state index contributed by atoms with van der Waals surface area (Å²) in [6, 6.07) is 9.96. The van der Waals surface area contributed by atoms with Gasteiger partial charge in [-0.25, -0.2) is 5.43 Å². The molecule has 3 heteroatoms. The molecule has 0 aliphatic heterocycles. The van der Waals surface area contributed by atoms with Crippen LogP contribution in [-0.4, -0.2) is 4.98 Å². The minimum Gasteiger partial charge on any atom is -0.271 e. The summed E-state index contributed by atoms with van der Waals surface area (Å²) in [5.41, 5.74) is 5.85. The van der Waals surface area contributed by atoms with E-state index in [0.29, 0.717) is 0 Å². The van der Waals surface area contributed by atoms with Gasteiger partial charge in [-0.3, -0.25) is 10.8 Å². The number of nitrogens with zero attached hydrogens (tertiary/aromatic N) is 1. The zero-order valence-corrected chi connectivity index (χ0v) is 9.27. The Morgan fingerprint density at radius 3 is 2.88 bits per heavy atom. The lowest BCUT2D eigenvalue weighted by molar-refractivity contribution is 0.631. The lowest BCUT2D eigenvalue weighted by atomic mass is 9.97. The van der Waals surface area contributed by atoms with E-state index in [9.17, 15) is 0 Å². The SMILES string of the molecule is C=C(C)C(NN)c1cccc2ncccc12. The van der Waals surface area contributed by atoms with Crippen molar-refractivity contribution in [2.45, 2.75) is 13.0 Å². The number of rotatable bonds is 3. The predicted molar refractivity (Wildman–Crippen MR) is 66.6 cm³/mol. The highest BCUT2D eigenvalue weighted by Gasteiger charge is 2.13. The summed E-state index contributed by atoms with van der Waals surface area (Å²) in [4.78, 5) is 4.32. The molecule has 0 saturated carbocycles. The summed E-state index contributed by atoms with van der Waals surface area (Å²) in [6.07, 6.45) is 1.79. The molecular formula is C13H15N3. The highest BCUT2D eigenvalue weighted by atomic mass is 15.2. The average Bonchev–Trinajstić information content (AvgIpc) is 2.30. The van der Waals surface area contributed by atoms with E-state index in [4.69, 9.17) is 5.84 Å². The molecule has 0 spiro atoms. The van der Waals surface area contributed by atoms with Crippen molar-refractivity contribution in [2.24, 2.45) is 5.84 Å². The van der Waals surface area contributed by atoms with Crippen LogP contribution in [0.25, 0.3) is 10.9 Å². The highest BCUT2D eigenvalue weighted by molar-refractivity contribution is 5.82. The molecule has 0 saturated heterocycles. The summed E-state index contributed by atoms with van der Waals surface area (Å²) >= 11 is 0. The van der Waals surface area contributed by atoms with Crippen molar-refractivity contribution in [1.82, 2.24) is 10.4 Å². The van der Waals surface area contributed by atoms with Gasteiger partial charge in [-0.15, -0.1) is 0 Å². The van der Waals surface area contributed by atoms with E-state index in [2.05, 4.69) is 17.0 Å². The number of benzene rings is 1. The van der Waals surface area contributed by atoms with Gasteiger partial charge in [0.1, 0.15) is 0 Å². The van der Waals surface area contributed by atoms with E-state index in [1.54, 1.807) is 6.20 Å². The third-order valence-corrected chi connectivity index (χ3v) is 2.65. The topological polar surface area (TPSA) is 50.9 Å². The first kappa shape index (κ1) is 10.8. The number of nitrogens with one attached hydrogen (secondary N) is 1. The molecule has 3 nitrogen and oxygen atoms in total. The van der Waals surface area contributed by atoms with Gasteiger partial charge >= 0.3 is 0 Å². The molecular weight excluding hydrogens is 198 g/mol. The molecule has 0 aliphatic carbocycles. The van der Waals surface area contributed by atoms with Crippen LogP contribution in [0, 0.1) is 0 Å². The third kappa shape index (κ3) is 1.83. The molecule has 0 aliphatic rings. The molecule has 82 valence electrons. The molecule has 0 bridgehead atoms. The van der Waals surface area contributed by atoms with Crippen LogP contribution in [0.15, 0.2) is 48.7 Å². The summed E-state index contributed by atoms with van der Waals surface area (Å²) in [6.45, 7) is 5.90. The number of hydrazine groups is 1. The standard InChI is InChI=1S/C13H15N3/c1-9(2)13(16-14)11-5-3-7-12-10(11)6-4-8-15-12/h3-8,13,16H,1,14H2,2H3. The first-order chi connectivity index (χ1) is 7.74. The number of aromatic nitrogens is 1. The van der Waals surface area contributed by atoms with E-state index in [1.807, 2.05) is 37.3 Å². The Morgan fingerprint density at radius 2 is 2.19 bits per heavy atom. The van der Waals surface area contributed by atoms with E-state index in [1.165, 1.54) is 0 Å². The predicted octanol–water partition coefficient (Wildman–Crippen LogP) is 2.32. The molecule has 2 rings (SSSR count). The first-order valence-electron chi connectivity index (χ1n) is 5.19. The summed E-state index contributed by atoms with van der Waals surface area (Å²) < 4.78 is 0.